The molecule has 4 nitrogen and oxygen atoms in total. The van der Waals surface area contributed by atoms with Crippen molar-refractivity contribution in [3.63, 3.8) is 0 Å². The van der Waals surface area contributed by atoms with Gasteiger partial charge in [-0.2, -0.15) is 0 Å². The van der Waals surface area contributed by atoms with Gasteiger partial charge < -0.3 is 10.1 Å². The molecule has 0 saturated heterocycles. The van der Waals surface area contributed by atoms with Gasteiger partial charge in [0, 0.05) is 7.05 Å². The van der Waals surface area contributed by atoms with E-state index in [9.17, 15) is 0 Å². The Labute approximate surface area is 115 Å². The van der Waals surface area contributed by atoms with Gasteiger partial charge in [0.15, 0.2) is 0 Å². The number of anilines is 1. The van der Waals surface area contributed by atoms with Crippen molar-refractivity contribution in [3.8, 4) is 11.6 Å². The van der Waals surface area contributed by atoms with Crippen molar-refractivity contribution in [1.29, 1.82) is 0 Å². The molecule has 0 saturated carbocycles. The molecule has 0 fully saturated rings. The van der Waals surface area contributed by atoms with Crippen LogP contribution in [-0.2, 0) is 0 Å². The van der Waals surface area contributed by atoms with Crippen LogP contribution in [0.4, 0.5) is 5.82 Å². The summed E-state index contributed by atoms with van der Waals surface area (Å²) in [7, 11) is 1.80. The topological polar surface area (TPSA) is 47.0 Å². The van der Waals surface area contributed by atoms with Gasteiger partial charge in [0.1, 0.15) is 22.4 Å². The first-order chi connectivity index (χ1) is 8.61. The van der Waals surface area contributed by atoms with Crippen LogP contribution in [-0.4, -0.2) is 17.0 Å². The minimum absolute atomic E-state index is 0.501. The maximum Gasteiger partial charge on any atom is 0.238 e. The lowest BCUT2D eigenvalue weighted by atomic mass is 10.1. The summed E-state index contributed by atoms with van der Waals surface area (Å²) in [6.45, 7) is 4.06. The van der Waals surface area contributed by atoms with Crippen molar-refractivity contribution in [2.45, 2.75) is 13.8 Å². The quantitative estimate of drug-likeness (QED) is 0.939. The van der Waals surface area contributed by atoms with E-state index in [0.29, 0.717) is 16.2 Å². The normalized spacial score (nSPS) is 10.2. The summed E-state index contributed by atoms with van der Waals surface area (Å²) in [6.07, 6.45) is 1.47. The van der Waals surface area contributed by atoms with Gasteiger partial charge in [0.25, 0.3) is 0 Å². The molecule has 0 atom stereocenters. The van der Waals surface area contributed by atoms with Crippen LogP contribution in [0, 0.1) is 13.8 Å². The largest absolute Gasteiger partial charge is 0.437 e. The summed E-state index contributed by atoms with van der Waals surface area (Å²) >= 11 is 3.43. The van der Waals surface area contributed by atoms with Crippen molar-refractivity contribution >= 4 is 21.7 Å². The molecule has 1 aromatic carbocycles. The Bertz CT molecular complexity index is 572. The van der Waals surface area contributed by atoms with Gasteiger partial charge in [0.2, 0.25) is 5.88 Å². The second-order valence-electron chi connectivity index (χ2n) is 3.96. The highest BCUT2D eigenvalue weighted by molar-refractivity contribution is 9.10. The summed E-state index contributed by atoms with van der Waals surface area (Å²) in [5, 5.41) is 2.97. The fourth-order valence-corrected chi connectivity index (χ4v) is 2.10. The fourth-order valence-electron chi connectivity index (χ4n) is 1.62. The summed E-state index contributed by atoms with van der Waals surface area (Å²) in [6, 6.07) is 6.03. The van der Waals surface area contributed by atoms with Crippen LogP contribution < -0.4 is 10.1 Å². The highest BCUT2D eigenvalue weighted by Gasteiger charge is 2.10. The molecule has 0 unspecified atom stereocenters. The zero-order chi connectivity index (χ0) is 13.1. The van der Waals surface area contributed by atoms with Gasteiger partial charge in [-0.3, -0.25) is 0 Å². The number of aromatic nitrogens is 2. The Morgan fingerprint density at radius 2 is 2.00 bits per heavy atom. The number of rotatable bonds is 3. The number of halogens is 1. The zero-order valence-corrected chi connectivity index (χ0v) is 12.1. The predicted molar refractivity (Wildman–Crippen MR) is 75.3 cm³/mol. The van der Waals surface area contributed by atoms with Gasteiger partial charge in [-0.1, -0.05) is 17.7 Å². The van der Waals surface area contributed by atoms with Crippen LogP contribution in [0.5, 0.6) is 11.6 Å². The van der Waals surface area contributed by atoms with Crippen molar-refractivity contribution in [2.75, 3.05) is 12.4 Å². The first-order valence-electron chi connectivity index (χ1n) is 5.55. The molecule has 5 heteroatoms. The second kappa shape index (κ2) is 5.35. The van der Waals surface area contributed by atoms with Crippen LogP contribution in [0.2, 0.25) is 0 Å². The predicted octanol–water partition coefficient (Wildman–Crippen LogP) is 3.69. The summed E-state index contributed by atoms with van der Waals surface area (Å²) in [5.41, 5.74) is 2.28. The highest BCUT2D eigenvalue weighted by Crippen LogP contribution is 2.32. The van der Waals surface area contributed by atoms with Gasteiger partial charge in [0.05, 0.1) is 0 Å². The third-order valence-electron chi connectivity index (χ3n) is 2.53. The lowest BCUT2D eigenvalue weighted by molar-refractivity contribution is 0.455. The summed E-state index contributed by atoms with van der Waals surface area (Å²) in [5.74, 6) is 1.99. The molecule has 0 spiro atoms. The molecule has 2 rings (SSSR count). The maximum atomic E-state index is 5.80. The average Bonchev–Trinajstić information content (AvgIpc) is 2.35. The molecule has 2 aromatic rings. The number of aryl methyl sites for hydroxylation is 2. The van der Waals surface area contributed by atoms with Crippen LogP contribution in [0.25, 0.3) is 0 Å². The Balaban J connectivity index is 2.34. The molecule has 94 valence electrons. The van der Waals surface area contributed by atoms with Crippen LogP contribution in [0.3, 0.4) is 0 Å². The standard InChI is InChI=1S/C13H14BrN3O/c1-8-4-5-10(9(2)6-8)18-13-11(14)12(15-3)16-7-17-13/h4-7H,1-3H3,(H,15,16,17). The van der Waals surface area contributed by atoms with Gasteiger partial charge in [-0.15, -0.1) is 0 Å². The van der Waals surface area contributed by atoms with Gasteiger partial charge >= 0.3 is 0 Å². The molecular formula is C13H14BrN3O. The molecular weight excluding hydrogens is 294 g/mol. The molecule has 0 amide bonds. The molecule has 0 aliphatic rings. The second-order valence-corrected chi connectivity index (χ2v) is 4.76. The number of nitrogens with zero attached hydrogens (tertiary/aromatic N) is 2. The molecule has 0 bridgehead atoms. The first kappa shape index (κ1) is 12.8. The van der Waals surface area contributed by atoms with Gasteiger partial charge in [-0.05, 0) is 41.4 Å². The number of ether oxygens (including phenoxy) is 1. The number of hydrogen-bond acceptors (Lipinski definition) is 4. The van der Waals surface area contributed by atoms with Crippen LogP contribution in [0.15, 0.2) is 29.0 Å². The van der Waals surface area contributed by atoms with E-state index in [4.69, 9.17) is 4.74 Å². The fraction of sp³-hybridized carbons (Fsp3) is 0.231. The first-order valence-corrected chi connectivity index (χ1v) is 6.34. The molecule has 0 aliphatic heterocycles. The number of hydrogen-bond donors (Lipinski definition) is 1. The smallest absolute Gasteiger partial charge is 0.238 e. The van der Waals surface area contributed by atoms with E-state index in [-0.39, 0.29) is 0 Å². The summed E-state index contributed by atoms with van der Waals surface area (Å²) < 4.78 is 6.51. The van der Waals surface area contributed by atoms with Crippen molar-refractivity contribution in [1.82, 2.24) is 9.97 Å². The van der Waals surface area contributed by atoms with Crippen molar-refractivity contribution in [2.24, 2.45) is 0 Å². The molecule has 1 heterocycles. The Morgan fingerprint density at radius 3 is 2.67 bits per heavy atom. The van der Waals surface area contributed by atoms with E-state index >= 15 is 0 Å². The molecule has 0 radical (unpaired) electrons. The lowest BCUT2D eigenvalue weighted by Gasteiger charge is -2.11. The van der Waals surface area contributed by atoms with E-state index in [1.165, 1.54) is 11.9 Å². The summed E-state index contributed by atoms with van der Waals surface area (Å²) in [4.78, 5) is 8.21. The highest BCUT2D eigenvalue weighted by atomic mass is 79.9. The minimum atomic E-state index is 0.501. The number of benzene rings is 1. The van der Waals surface area contributed by atoms with E-state index in [2.05, 4.69) is 44.2 Å². The molecule has 18 heavy (non-hydrogen) atoms. The third-order valence-corrected chi connectivity index (χ3v) is 3.25. The van der Waals surface area contributed by atoms with Crippen molar-refractivity contribution < 1.29 is 4.74 Å². The van der Waals surface area contributed by atoms with Crippen LogP contribution >= 0.6 is 15.9 Å². The monoisotopic (exact) mass is 307 g/mol. The van der Waals surface area contributed by atoms with Gasteiger partial charge in [-0.25, -0.2) is 9.97 Å². The zero-order valence-electron chi connectivity index (χ0n) is 10.5. The Morgan fingerprint density at radius 1 is 1.22 bits per heavy atom. The number of nitrogens with one attached hydrogen (secondary N) is 1. The SMILES string of the molecule is CNc1ncnc(Oc2ccc(C)cc2C)c1Br. The van der Waals surface area contributed by atoms with Crippen LogP contribution in [0.1, 0.15) is 11.1 Å². The Kier molecular flexibility index (Phi) is 3.81. The van der Waals surface area contributed by atoms with E-state index in [1.807, 2.05) is 19.1 Å². The third kappa shape index (κ3) is 2.61. The average molecular weight is 308 g/mol. The molecule has 1 N–H and O–H groups in total. The molecule has 1 aromatic heterocycles. The lowest BCUT2D eigenvalue weighted by Crippen LogP contribution is -1.98. The van der Waals surface area contributed by atoms with Crippen molar-refractivity contribution in [3.05, 3.63) is 40.1 Å². The minimum Gasteiger partial charge on any atom is -0.437 e. The van der Waals surface area contributed by atoms with E-state index < -0.39 is 0 Å². The van der Waals surface area contributed by atoms with E-state index in [0.717, 1.165) is 11.3 Å². The maximum absolute atomic E-state index is 5.80. The molecule has 0 aliphatic carbocycles. The van der Waals surface area contributed by atoms with E-state index in [1.54, 1.807) is 7.05 Å². The Hall–Kier alpha value is -1.62.